The van der Waals surface area contributed by atoms with Crippen molar-refractivity contribution in [3.63, 3.8) is 0 Å². The second kappa shape index (κ2) is 11.7. The molecule has 0 saturated heterocycles. The molecule has 2 rings (SSSR count). The van der Waals surface area contributed by atoms with Crippen LogP contribution < -0.4 is 0 Å². The van der Waals surface area contributed by atoms with Gasteiger partial charge in [-0.1, -0.05) is 60.7 Å². The third-order valence-corrected chi connectivity index (χ3v) is 3.76. The van der Waals surface area contributed by atoms with E-state index in [9.17, 15) is 18.4 Å². The number of halogens is 2. The van der Waals surface area contributed by atoms with E-state index in [0.717, 1.165) is 11.1 Å². The van der Waals surface area contributed by atoms with Gasteiger partial charge in [-0.05, 0) is 11.1 Å². The van der Waals surface area contributed by atoms with Crippen molar-refractivity contribution in [3.8, 4) is 0 Å². The quantitative estimate of drug-likeness (QED) is 0.727. The van der Waals surface area contributed by atoms with Crippen LogP contribution in [0.5, 0.6) is 0 Å². The first-order valence-electron chi connectivity index (χ1n) is 8.13. The lowest BCUT2D eigenvalue weighted by atomic mass is 9.93. The Morgan fingerprint density at radius 3 is 1.35 bits per heavy atom. The summed E-state index contributed by atoms with van der Waals surface area (Å²) in [5.41, 5.74) is 1.49. The molecule has 0 unspecified atom stereocenters. The maximum atomic E-state index is 12.1. The molecule has 0 spiro atoms. The summed E-state index contributed by atoms with van der Waals surface area (Å²) >= 11 is 0. The highest BCUT2D eigenvalue weighted by molar-refractivity contribution is 5.72. The summed E-state index contributed by atoms with van der Waals surface area (Å²) in [4.78, 5) is 21.1. The topological polar surface area (TPSA) is 74.6 Å². The summed E-state index contributed by atoms with van der Waals surface area (Å²) in [5, 5.41) is 17.3. The summed E-state index contributed by atoms with van der Waals surface area (Å²) in [5.74, 6) is -2.99. The largest absolute Gasteiger partial charge is 0.481 e. The minimum absolute atomic E-state index is 0.156. The molecule has 2 aromatic carbocycles. The summed E-state index contributed by atoms with van der Waals surface area (Å²) < 4.78 is 24.2. The molecule has 4 nitrogen and oxygen atoms in total. The molecule has 0 amide bonds. The van der Waals surface area contributed by atoms with Gasteiger partial charge in [0, 0.05) is 11.8 Å². The van der Waals surface area contributed by atoms with Gasteiger partial charge in [0.1, 0.15) is 0 Å². The molecule has 26 heavy (non-hydrogen) atoms. The minimum Gasteiger partial charge on any atom is -0.481 e. The van der Waals surface area contributed by atoms with E-state index in [1.54, 1.807) is 48.5 Å². The maximum Gasteiger partial charge on any atom is 0.303 e. The molecule has 2 aromatic rings. The summed E-state index contributed by atoms with van der Waals surface area (Å²) in [7, 11) is 0. The minimum atomic E-state index is -0.981. The van der Waals surface area contributed by atoms with Crippen molar-refractivity contribution >= 4 is 11.9 Å². The van der Waals surface area contributed by atoms with E-state index in [1.165, 1.54) is 0 Å². The fraction of sp³-hybridized carbons (Fsp3) is 0.300. The van der Waals surface area contributed by atoms with Gasteiger partial charge in [-0.25, -0.2) is 0 Å². The molecule has 6 heteroatoms. The third-order valence-electron chi connectivity index (χ3n) is 3.76. The molecule has 2 N–H and O–H groups in total. The average Bonchev–Trinajstić information content (AvgIpc) is 2.64. The van der Waals surface area contributed by atoms with Crippen LogP contribution in [0.1, 0.15) is 35.8 Å². The lowest BCUT2D eigenvalue weighted by Crippen LogP contribution is -2.11. The highest BCUT2D eigenvalue weighted by Gasteiger charge is 2.18. The van der Waals surface area contributed by atoms with Crippen LogP contribution in [0.3, 0.4) is 0 Å². The van der Waals surface area contributed by atoms with Crippen molar-refractivity contribution < 1.29 is 28.6 Å². The summed E-state index contributed by atoms with van der Waals surface area (Å²) in [6, 6.07) is 17.7. The lowest BCUT2D eigenvalue weighted by Gasteiger charge is -2.12. The van der Waals surface area contributed by atoms with Crippen LogP contribution >= 0.6 is 0 Å². The van der Waals surface area contributed by atoms with E-state index in [0.29, 0.717) is 0 Å². The molecule has 0 aliphatic rings. The van der Waals surface area contributed by atoms with Gasteiger partial charge < -0.3 is 10.2 Å². The van der Waals surface area contributed by atoms with Gasteiger partial charge in [-0.2, -0.15) is 0 Å². The Kier molecular flexibility index (Phi) is 9.61. The monoisotopic (exact) mass is 364 g/mol. The van der Waals surface area contributed by atoms with Crippen LogP contribution in [0.4, 0.5) is 8.78 Å². The molecular formula is C20H22F2O4. The molecule has 0 aromatic heterocycles. The third kappa shape index (κ3) is 7.88. The first kappa shape index (κ1) is 21.3. The van der Waals surface area contributed by atoms with E-state index in [1.807, 2.05) is 12.1 Å². The second-order valence-electron chi connectivity index (χ2n) is 5.72. The fourth-order valence-corrected chi connectivity index (χ4v) is 2.40. The predicted octanol–water partition coefficient (Wildman–Crippen LogP) is 4.43. The van der Waals surface area contributed by atoms with Crippen molar-refractivity contribution in [1.82, 2.24) is 0 Å². The smallest absolute Gasteiger partial charge is 0.303 e. The van der Waals surface area contributed by atoms with Crippen molar-refractivity contribution in [2.45, 2.75) is 24.7 Å². The highest BCUT2D eigenvalue weighted by atomic mass is 19.1. The SMILES string of the molecule is FCC(CF)c1ccccc1.O=C(O)CC(CC(=O)O)c1ccccc1. The van der Waals surface area contributed by atoms with Gasteiger partial charge in [-0.15, -0.1) is 0 Å². The Bertz CT molecular complexity index is 642. The maximum absolute atomic E-state index is 12.1. The van der Waals surface area contributed by atoms with Crippen LogP contribution in [-0.2, 0) is 9.59 Å². The average molecular weight is 364 g/mol. The van der Waals surface area contributed by atoms with E-state index >= 15 is 0 Å². The Morgan fingerprint density at radius 2 is 1.04 bits per heavy atom. The number of alkyl halides is 2. The van der Waals surface area contributed by atoms with Gasteiger partial charge in [0.05, 0.1) is 26.2 Å². The summed E-state index contributed by atoms with van der Waals surface area (Å²) in [6.07, 6.45) is -0.313. The molecule has 0 atom stereocenters. The Balaban J connectivity index is 0.000000273. The Hall–Kier alpha value is -2.76. The van der Waals surface area contributed by atoms with E-state index in [2.05, 4.69) is 0 Å². The Morgan fingerprint density at radius 1 is 0.692 bits per heavy atom. The molecule has 0 saturated carbocycles. The summed E-state index contributed by atoms with van der Waals surface area (Å²) in [6.45, 7) is -1.25. The Labute approximate surface area is 151 Å². The lowest BCUT2D eigenvalue weighted by molar-refractivity contribution is -0.139. The molecule has 0 bridgehead atoms. The highest BCUT2D eigenvalue weighted by Crippen LogP contribution is 2.23. The number of hydrogen-bond acceptors (Lipinski definition) is 2. The van der Waals surface area contributed by atoms with Crippen LogP contribution in [0.15, 0.2) is 60.7 Å². The van der Waals surface area contributed by atoms with Crippen LogP contribution in [0, 0.1) is 0 Å². The van der Waals surface area contributed by atoms with E-state index in [-0.39, 0.29) is 12.8 Å². The van der Waals surface area contributed by atoms with Gasteiger partial charge in [0.15, 0.2) is 0 Å². The second-order valence-corrected chi connectivity index (χ2v) is 5.72. The first-order valence-corrected chi connectivity index (χ1v) is 8.13. The number of rotatable bonds is 8. The zero-order valence-corrected chi connectivity index (χ0v) is 14.2. The van der Waals surface area contributed by atoms with Crippen molar-refractivity contribution in [3.05, 3.63) is 71.8 Å². The first-order chi connectivity index (χ1) is 12.5. The van der Waals surface area contributed by atoms with Gasteiger partial charge in [0.2, 0.25) is 0 Å². The van der Waals surface area contributed by atoms with Gasteiger partial charge in [-0.3, -0.25) is 18.4 Å². The standard InChI is InChI=1S/C11H12O4.C9H10F2/c12-10(13)6-9(7-11(14)15)8-4-2-1-3-5-8;10-6-9(7-11)8-4-2-1-3-5-8/h1-5,9H,6-7H2,(H,12,13)(H,14,15);1-5,9H,6-7H2. The van der Waals surface area contributed by atoms with Crippen LogP contribution in [0.25, 0.3) is 0 Å². The van der Waals surface area contributed by atoms with Crippen molar-refractivity contribution in [2.24, 2.45) is 0 Å². The fourth-order valence-electron chi connectivity index (χ4n) is 2.40. The zero-order valence-electron chi connectivity index (χ0n) is 14.2. The molecule has 0 aliphatic heterocycles. The number of carboxylic acid groups (broad SMARTS) is 2. The predicted molar refractivity (Wildman–Crippen MR) is 94.8 cm³/mol. The number of carboxylic acids is 2. The van der Waals surface area contributed by atoms with Crippen molar-refractivity contribution in [1.29, 1.82) is 0 Å². The van der Waals surface area contributed by atoms with Gasteiger partial charge in [0.25, 0.3) is 0 Å². The molecule has 0 radical (unpaired) electrons. The molecule has 0 fully saturated rings. The van der Waals surface area contributed by atoms with E-state index < -0.39 is 37.1 Å². The van der Waals surface area contributed by atoms with Crippen LogP contribution in [-0.4, -0.2) is 35.5 Å². The van der Waals surface area contributed by atoms with Crippen molar-refractivity contribution in [2.75, 3.05) is 13.3 Å². The number of aliphatic carboxylic acids is 2. The normalized spacial score (nSPS) is 10.3. The number of hydrogen-bond donors (Lipinski definition) is 2. The molecular weight excluding hydrogens is 342 g/mol. The number of benzene rings is 2. The van der Waals surface area contributed by atoms with Gasteiger partial charge >= 0.3 is 11.9 Å². The number of carbonyl (C=O) groups is 2. The zero-order chi connectivity index (χ0) is 19.4. The molecule has 0 aliphatic carbocycles. The molecule has 140 valence electrons. The van der Waals surface area contributed by atoms with E-state index in [4.69, 9.17) is 10.2 Å². The van der Waals surface area contributed by atoms with Crippen LogP contribution in [0.2, 0.25) is 0 Å². The molecule has 0 heterocycles.